The highest BCUT2D eigenvalue weighted by atomic mass is 16.2. The molecule has 3 rings (SSSR count). The summed E-state index contributed by atoms with van der Waals surface area (Å²) in [5.74, 6) is 0.627. The van der Waals surface area contributed by atoms with Gasteiger partial charge in [0, 0.05) is 32.7 Å². The van der Waals surface area contributed by atoms with Gasteiger partial charge in [0.1, 0.15) is 0 Å². The average molecular weight is 370 g/mol. The van der Waals surface area contributed by atoms with Crippen molar-refractivity contribution in [1.82, 2.24) is 15.1 Å². The second-order valence-corrected chi connectivity index (χ2v) is 8.09. The quantitative estimate of drug-likeness (QED) is 0.362. The average Bonchev–Trinajstić information content (AvgIpc) is 3.12. The molecule has 0 unspecified atom stereocenters. The van der Waals surface area contributed by atoms with Crippen molar-refractivity contribution in [2.24, 2.45) is 10.4 Å². The zero-order valence-corrected chi connectivity index (χ0v) is 16.6. The molecule has 1 fully saturated rings. The smallest absolute Gasteiger partial charge is 0.261 e. The summed E-state index contributed by atoms with van der Waals surface area (Å²) in [4.78, 5) is 33.2. The van der Waals surface area contributed by atoms with Crippen LogP contribution in [0, 0.1) is 5.41 Å². The van der Waals surface area contributed by atoms with Crippen LogP contribution in [-0.2, 0) is 0 Å². The summed E-state index contributed by atoms with van der Waals surface area (Å²) in [6.07, 6.45) is 2.79. The van der Waals surface area contributed by atoms with Crippen molar-refractivity contribution in [1.29, 1.82) is 0 Å². The Morgan fingerprint density at radius 3 is 2.37 bits per heavy atom. The molecule has 0 saturated carbocycles. The predicted molar refractivity (Wildman–Crippen MR) is 107 cm³/mol. The third-order valence-electron chi connectivity index (χ3n) is 5.24. The molecular formula is C21H30N4O2. The minimum atomic E-state index is -0.174. The van der Waals surface area contributed by atoms with E-state index in [0.717, 1.165) is 38.4 Å². The lowest BCUT2D eigenvalue weighted by Gasteiger charge is -2.23. The molecule has 2 amide bonds. The molecule has 0 atom stereocenters. The summed E-state index contributed by atoms with van der Waals surface area (Å²) in [7, 11) is 0. The summed E-state index contributed by atoms with van der Waals surface area (Å²) >= 11 is 0. The van der Waals surface area contributed by atoms with Crippen molar-refractivity contribution < 1.29 is 9.59 Å². The Morgan fingerprint density at radius 2 is 1.81 bits per heavy atom. The number of guanidine groups is 1. The van der Waals surface area contributed by atoms with Gasteiger partial charge in [-0.1, -0.05) is 26.0 Å². The molecule has 2 aliphatic rings. The van der Waals surface area contributed by atoms with E-state index in [1.807, 2.05) is 0 Å². The molecule has 27 heavy (non-hydrogen) atoms. The molecule has 2 aliphatic heterocycles. The molecule has 6 nitrogen and oxygen atoms in total. The van der Waals surface area contributed by atoms with Crippen LogP contribution in [0.4, 0.5) is 0 Å². The van der Waals surface area contributed by atoms with E-state index in [0.29, 0.717) is 29.6 Å². The normalized spacial score (nSPS) is 19.0. The van der Waals surface area contributed by atoms with Gasteiger partial charge < -0.3 is 10.2 Å². The van der Waals surface area contributed by atoms with Gasteiger partial charge in [-0.3, -0.25) is 19.5 Å². The van der Waals surface area contributed by atoms with Crippen molar-refractivity contribution in [3.63, 3.8) is 0 Å². The van der Waals surface area contributed by atoms with Crippen molar-refractivity contribution >= 4 is 17.8 Å². The number of nitrogens with one attached hydrogen (secondary N) is 1. The van der Waals surface area contributed by atoms with Gasteiger partial charge in [0.15, 0.2) is 5.96 Å². The first-order chi connectivity index (χ1) is 12.9. The second-order valence-electron chi connectivity index (χ2n) is 8.09. The molecule has 1 N–H and O–H groups in total. The fourth-order valence-electron chi connectivity index (χ4n) is 3.73. The van der Waals surface area contributed by atoms with Crippen molar-refractivity contribution in [3.05, 3.63) is 35.4 Å². The van der Waals surface area contributed by atoms with Crippen molar-refractivity contribution in [3.8, 4) is 0 Å². The van der Waals surface area contributed by atoms with Gasteiger partial charge in [-0.2, -0.15) is 0 Å². The van der Waals surface area contributed by atoms with Gasteiger partial charge in [-0.25, -0.2) is 0 Å². The Morgan fingerprint density at radius 1 is 1.15 bits per heavy atom. The van der Waals surface area contributed by atoms with E-state index in [4.69, 9.17) is 4.99 Å². The highest BCUT2D eigenvalue weighted by molar-refractivity contribution is 6.21. The molecule has 0 bridgehead atoms. The molecule has 146 valence electrons. The third kappa shape index (κ3) is 4.31. The number of imide groups is 1. The van der Waals surface area contributed by atoms with Crippen LogP contribution in [0.15, 0.2) is 29.3 Å². The standard InChI is InChI=1S/C21H30N4O2/c1-4-22-20(24-14-11-21(2,3)15-24)23-12-7-8-13-25-18(26)16-9-5-6-10-17(16)19(25)27/h5-6,9-10H,4,7-8,11-15H2,1-3H3,(H,22,23). The molecule has 1 saturated heterocycles. The SMILES string of the molecule is CCNC(=NCCCCN1C(=O)c2ccccc2C1=O)N1CCC(C)(C)C1. The molecule has 1 aromatic rings. The van der Waals surface area contributed by atoms with E-state index in [2.05, 4.69) is 31.0 Å². The van der Waals surface area contributed by atoms with Gasteiger partial charge in [0.05, 0.1) is 11.1 Å². The summed E-state index contributed by atoms with van der Waals surface area (Å²) in [5.41, 5.74) is 1.37. The van der Waals surface area contributed by atoms with Gasteiger partial charge in [-0.15, -0.1) is 0 Å². The van der Waals surface area contributed by atoms with E-state index in [9.17, 15) is 9.59 Å². The number of aliphatic imine (C=N–C) groups is 1. The predicted octanol–water partition coefficient (Wildman–Crippen LogP) is 2.76. The van der Waals surface area contributed by atoms with Crippen molar-refractivity contribution in [2.75, 3.05) is 32.7 Å². The number of benzene rings is 1. The highest BCUT2D eigenvalue weighted by Gasteiger charge is 2.34. The first-order valence-electron chi connectivity index (χ1n) is 9.91. The highest BCUT2D eigenvalue weighted by Crippen LogP contribution is 2.28. The van der Waals surface area contributed by atoms with Gasteiger partial charge >= 0.3 is 0 Å². The molecule has 0 aromatic heterocycles. The van der Waals surface area contributed by atoms with Crippen molar-refractivity contribution in [2.45, 2.75) is 40.0 Å². The fourth-order valence-corrected chi connectivity index (χ4v) is 3.73. The molecule has 2 heterocycles. The van der Waals surface area contributed by atoms with E-state index < -0.39 is 0 Å². The summed E-state index contributed by atoms with van der Waals surface area (Å²) < 4.78 is 0. The fraction of sp³-hybridized carbons (Fsp3) is 0.571. The summed E-state index contributed by atoms with van der Waals surface area (Å²) in [5, 5.41) is 3.38. The Labute approximate surface area is 161 Å². The lowest BCUT2D eigenvalue weighted by molar-refractivity contribution is 0.0652. The summed E-state index contributed by atoms with van der Waals surface area (Å²) in [6.45, 7) is 10.7. The van der Waals surface area contributed by atoms with Crippen LogP contribution in [0.5, 0.6) is 0 Å². The number of rotatable bonds is 6. The lowest BCUT2D eigenvalue weighted by atomic mass is 9.93. The number of carbonyl (C=O) groups excluding carboxylic acids is 2. The van der Waals surface area contributed by atoms with Crippen LogP contribution in [0.3, 0.4) is 0 Å². The van der Waals surface area contributed by atoms with Gasteiger partial charge in [-0.05, 0) is 43.7 Å². The van der Waals surface area contributed by atoms with E-state index in [1.165, 1.54) is 11.3 Å². The minimum Gasteiger partial charge on any atom is -0.357 e. The second kappa shape index (κ2) is 8.11. The number of carbonyl (C=O) groups is 2. The maximum absolute atomic E-state index is 12.4. The molecule has 6 heteroatoms. The largest absolute Gasteiger partial charge is 0.357 e. The van der Waals surface area contributed by atoms with E-state index >= 15 is 0 Å². The van der Waals surface area contributed by atoms with E-state index in [-0.39, 0.29) is 11.8 Å². The molecule has 0 spiro atoms. The Bertz CT molecular complexity index is 706. The minimum absolute atomic E-state index is 0.174. The maximum atomic E-state index is 12.4. The molecule has 0 aliphatic carbocycles. The lowest BCUT2D eigenvalue weighted by Crippen LogP contribution is -2.40. The van der Waals surface area contributed by atoms with Gasteiger partial charge in [0.2, 0.25) is 0 Å². The maximum Gasteiger partial charge on any atom is 0.261 e. The number of hydrogen-bond acceptors (Lipinski definition) is 3. The number of fused-ring (bicyclic) bond motifs is 1. The van der Waals surface area contributed by atoms with Crippen LogP contribution < -0.4 is 5.32 Å². The van der Waals surface area contributed by atoms with E-state index in [1.54, 1.807) is 24.3 Å². The molecular weight excluding hydrogens is 340 g/mol. The van der Waals surface area contributed by atoms with Crippen LogP contribution in [0.25, 0.3) is 0 Å². The number of nitrogens with zero attached hydrogens (tertiary/aromatic N) is 3. The van der Waals surface area contributed by atoms with Crippen LogP contribution >= 0.6 is 0 Å². The zero-order chi connectivity index (χ0) is 19.4. The van der Waals surface area contributed by atoms with Crippen LogP contribution in [0.1, 0.15) is 60.7 Å². The monoisotopic (exact) mass is 370 g/mol. The Balaban J connectivity index is 1.49. The van der Waals surface area contributed by atoms with Crippen LogP contribution in [-0.4, -0.2) is 60.3 Å². The third-order valence-corrected chi connectivity index (χ3v) is 5.24. The van der Waals surface area contributed by atoms with Crippen LogP contribution in [0.2, 0.25) is 0 Å². The topological polar surface area (TPSA) is 65.0 Å². The number of hydrogen-bond donors (Lipinski definition) is 1. The Hall–Kier alpha value is -2.37. The summed E-state index contributed by atoms with van der Waals surface area (Å²) in [6, 6.07) is 7.04. The number of likely N-dealkylation sites (tertiary alicyclic amines) is 1. The first kappa shape index (κ1) is 19.4. The number of unbranched alkanes of at least 4 members (excludes halogenated alkanes) is 1. The Kier molecular flexibility index (Phi) is 5.82. The van der Waals surface area contributed by atoms with Gasteiger partial charge in [0.25, 0.3) is 11.8 Å². The number of amides is 2. The molecule has 1 aromatic carbocycles. The first-order valence-corrected chi connectivity index (χ1v) is 9.91. The zero-order valence-electron chi connectivity index (χ0n) is 16.6. The molecule has 0 radical (unpaired) electrons.